The minimum absolute atomic E-state index is 0.0674. The number of aliphatic hydroxyl groups is 1. The van der Waals surface area contributed by atoms with E-state index in [4.69, 9.17) is 0 Å². The van der Waals surface area contributed by atoms with Crippen molar-refractivity contribution in [3.63, 3.8) is 0 Å². The van der Waals surface area contributed by atoms with Crippen molar-refractivity contribution in [2.75, 3.05) is 19.0 Å². The average molecular weight is 556 g/mol. The number of rotatable bonds is 2. The zero-order chi connectivity index (χ0) is 29.7. The Hall–Kier alpha value is -4.35. The van der Waals surface area contributed by atoms with Crippen molar-refractivity contribution < 1.29 is 19.3 Å². The molecule has 5 heteroatoms. The number of allylic oxidation sites excluding steroid dienone is 2. The molecule has 2 atom stereocenters. The van der Waals surface area contributed by atoms with Crippen LogP contribution in [0.1, 0.15) is 38.8 Å². The maximum atomic E-state index is 14.0. The molecular formula is C37H35N2O3+. The summed E-state index contributed by atoms with van der Waals surface area (Å²) in [6.45, 7) is 8.55. The Morgan fingerprint density at radius 3 is 2.05 bits per heavy atom. The third-order valence-corrected chi connectivity index (χ3v) is 9.85. The van der Waals surface area contributed by atoms with Gasteiger partial charge in [-0.1, -0.05) is 74.5 Å². The Bertz CT molecular complexity index is 1970. The second-order valence-corrected chi connectivity index (χ2v) is 12.9. The molecule has 0 aromatic heterocycles. The summed E-state index contributed by atoms with van der Waals surface area (Å²) >= 11 is 0. The van der Waals surface area contributed by atoms with Crippen LogP contribution in [0.4, 0.5) is 11.4 Å². The summed E-state index contributed by atoms with van der Waals surface area (Å²) in [5.74, 6) is -1.79. The predicted molar refractivity (Wildman–Crippen MR) is 169 cm³/mol. The van der Waals surface area contributed by atoms with Crippen molar-refractivity contribution in [1.29, 1.82) is 0 Å². The molecule has 0 amide bonds. The van der Waals surface area contributed by atoms with Gasteiger partial charge in [-0.15, -0.1) is 0 Å². The zero-order valence-corrected chi connectivity index (χ0v) is 24.9. The quantitative estimate of drug-likeness (QED) is 0.178. The lowest BCUT2D eigenvalue weighted by molar-refractivity contribution is -0.401. The van der Waals surface area contributed by atoms with Gasteiger partial charge in [0.05, 0.1) is 16.9 Å². The van der Waals surface area contributed by atoms with E-state index in [9.17, 15) is 14.7 Å². The molecule has 5 nitrogen and oxygen atoms in total. The Morgan fingerprint density at radius 1 is 0.786 bits per heavy atom. The maximum absolute atomic E-state index is 14.0. The van der Waals surface area contributed by atoms with E-state index in [1.54, 1.807) is 6.08 Å². The third-order valence-electron chi connectivity index (χ3n) is 9.85. The summed E-state index contributed by atoms with van der Waals surface area (Å²) in [6.07, 6.45) is 2.14. The van der Waals surface area contributed by atoms with E-state index >= 15 is 0 Å². The van der Waals surface area contributed by atoms with Crippen LogP contribution in [-0.4, -0.2) is 47.2 Å². The Morgan fingerprint density at radius 2 is 1.38 bits per heavy atom. The van der Waals surface area contributed by atoms with Crippen LogP contribution in [0, 0.1) is 5.92 Å². The summed E-state index contributed by atoms with van der Waals surface area (Å²) in [6, 6.07) is 25.0. The largest absolute Gasteiger partial charge is 0.384 e. The number of Topliss-reactive ketones (excluding diaryl/α,β-unsaturated/α-hetero) is 2. The molecule has 1 fully saturated rings. The van der Waals surface area contributed by atoms with Gasteiger partial charge < -0.3 is 10.0 Å². The van der Waals surface area contributed by atoms with Crippen molar-refractivity contribution in [2.24, 2.45) is 5.92 Å². The first-order chi connectivity index (χ1) is 19.9. The summed E-state index contributed by atoms with van der Waals surface area (Å²) in [7, 11) is 3.97. The second kappa shape index (κ2) is 8.83. The lowest BCUT2D eigenvalue weighted by Gasteiger charge is -2.26. The normalized spacial score (nSPS) is 24.5. The van der Waals surface area contributed by atoms with Crippen molar-refractivity contribution in [3.8, 4) is 0 Å². The van der Waals surface area contributed by atoms with Crippen molar-refractivity contribution in [3.05, 3.63) is 107 Å². The minimum atomic E-state index is -1.42. The van der Waals surface area contributed by atoms with Crippen LogP contribution in [0.25, 0.3) is 21.5 Å². The number of carbonyl (C=O) groups excluding carboxylic acids is 2. The summed E-state index contributed by atoms with van der Waals surface area (Å²) in [5.41, 5.74) is 5.45. The van der Waals surface area contributed by atoms with Crippen LogP contribution in [-0.2, 0) is 20.4 Å². The first kappa shape index (κ1) is 26.5. The topological polar surface area (TPSA) is 60.6 Å². The smallest absolute Gasteiger partial charge is 0.210 e. The average Bonchev–Trinajstić information content (AvgIpc) is 3.40. The fourth-order valence-electron chi connectivity index (χ4n) is 7.73. The van der Waals surface area contributed by atoms with Gasteiger partial charge in [0.1, 0.15) is 13.2 Å². The molecule has 0 radical (unpaired) electrons. The van der Waals surface area contributed by atoms with E-state index in [2.05, 4.69) is 85.7 Å². The van der Waals surface area contributed by atoms with Crippen LogP contribution in [0.3, 0.4) is 0 Å². The number of nitrogens with zero attached hydrogens (tertiary/aromatic N) is 2. The number of hydrogen-bond acceptors (Lipinski definition) is 4. The number of benzene rings is 4. The molecule has 0 spiro atoms. The summed E-state index contributed by atoms with van der Waals surface area (Å²) in [5, 5.41) is 15.8. The minimum Gasteiger partial charge on any atom is -0.384 e. The standard InChI is InChI=1S/C37H35N2O3/c1-36(2)29(38(5)27-17-15-21-11-7-9-13-23(21)31(27)36)19-25-33(40)26(35(42)34(25)41)20-30-37(3,4)32-24-14-10-8-12-22(24)16-18-28(32)39(30)6/h7-20,25,34,41H,1-6H3/q+1. The Labute approximate surface area is 246 Å². The van der Waals surface area contributed by atoms with E-state index in [-0.39, 0.29) is 11.4 Å². The molecule has 1 saturated carbocycles. The Balaban J connectivity index is 1.30. The molecule has 0 bridgehead atoms. The van der Waals surface area contributed by atoms with Gasteiger partial charge in [0.25, 0.3) is 0 Å². The van der Waals surface area contributed by atoms with E-state index < -0.39 is 28.6 Å². The highest BCUT2D eigenvalue weighted by Crippen LogP contribution is 2.51. The summed E-state index contributed by atoms with van der Waals surface area (Å²) in [4.78, 5) is 29.6. The maximum Gasteiger partial charge on any atom is 0.210 e. The SMILES string of the molecule is CN1C(=CC2C(=O)C(=CC3=[N+](C)c4ccc5ccccc5c4C3(C)C)C(=O)C2O)C(C)(C)c2c1ccc1ccccc21. The van der Waals surface area contributed by atoms with Crippen molar-refractivity contribution in [2.45, 2.75) is 44.6 Å². The van der Waals surface area contributed by atoms with Gasteiger partial charge in [-0.3, -0.25) is 9.59 Å². The van der Waals surface area contributed by atoms with Crippen LogP contribution in [0.15, 0.2) is 96.2 Å². The molecule has 7 rings (SSSR count). The molecule has 2 heterocycles. The highest BCUT2D eigenvalue weighted by atomic mass is 16.3. The molecule has 0 saturated heterocycles. The number of fused-ring (bicyclic) bond motifs is 6. The molecule has 210 valence electrons. The lowest BCUT2D eigenvalue weighted by Crippen LogP contribution is -2.28. The van der Waals surface area contributed by atoms with Gasteiger partial charge >= 0.3 is 0 Å². The fraction of sp³-hybridized carbons (Fsp3) is 0.270. The van der Waals surface area contributed by atoms with Crippen LogP contribution < -0.4 is 4.90 Å². The van der Waals surface area contributed by atoms with E-state index in [0.717, 1.165) is 38.9 Å². The molecule has 2 aliphatic heterocycles. The predicted octanol–water partition coefficient (Wildman–Crippen LogP) is 6.37. The molecule has 4 aromatic carbocycles. The molecule has 3 aliphatic rings. The monoisotopic (exact) mass is 555 g/mol. The molecule has 2 unspecified atom stereocenters. The van der Waals surface area contributed by atoms with Gasteiger partial charge in [0.15, 0.2) is 17.3 Å². The zero-order valence-electron chi connectivity index (χ0n) is 24.9. The van der Waals surface area contributed by atoms with Crippen LogP contribution in [0.2, 0.25) is 0 Å². The molecular weight excluding hydrogens is 520 g/mol. The van der Waals surface area contributed by atoms with E-state index in [1.807, 2.05) is 44.4 Å². The fourth-order valence-corrected chi connectivity index (χ4v) is 7.73. The summed E-state index contributed by atoms with van der Waals surface area (Å²) < 4.78 is 2.07. The number of anilines is 1. The molecule has 1 aliphatic carbocycles. The number of carbonyl (C=O) groups is 2. The number of aliphatic hydroxyl groups excluding tert-OH is 1. The van der Waals surface area contributed by atoms with Gasteiger partial charge in [0.2, 0.25) is 5.69 Å². The molecule has 4 aromatic rings. The van der Waals surface area contributed by atoms with Gasteiger partial charge in [-0.25, -0.2) is 0 Å². The number of likely N-dealkylation sites (N-methyl/N-ethyl adjacent to an activating group) is 1. The first-order valence-electron chi connectivity index (χ1n) is 14.5. The first-order valence-corrected chi connectivity index (χ1v) is 14.5. The highest BCUT2D eigenvalue weighted by molar-refractivity contribution is 6.31. The third kappa shape index (κ3) is 3.43. The highest BCUT2D eigenvalue weighted by Gasteiger charge is 2.50. The van der Waals surface area contributed by atoms with Crippen LogP contribution >= 0.6 is 0 Å². The molecule has 42 heavy (non-hydrogen) atoms. The van der Waals surface area contributed by atoms with Crippen molar-refractivity contribution >= 4 is 50.2 Å². The lowest BCUT2D eigenvalue weighted by atomic mass is 9.78. The van der Waals surface area contributed by atoms with E-state index in [0.29, 0.717) is 0 Å². The van der Waals surface area contributed by atoms with Crippen molar-refractivity contribution in [1.82, 2.24) is 0 Å². The number of hydrogen-bond donors (Lipinski definition) is 1. The van der Waals surface area contributed by atoms with Gasteiger partial charge in [0, 0.05) is 41.6 Å². The van der Waals surface area contributed by atoms with Crippen LogP contribution in [0.5, 0.6) is 0 Å². The molecule has 1 N–H and O–H groups in total. The second-order valence-electron chi connectivity index (χ2n) is 12.9. The van der Waals surface area contributed by atoms with Gasteiger partial charge in [-0.05, 0) is 53.1 Å². The van der Waals surface area contributed by atoms with Gasteiger partial charge in [-0.2, -0.15) is 4.58 Å². The Kier molecular flexibility index (Phi) is 5.58. The van der Waals surface area contributed by atoms with E-state index in [1.165, 1.54) is 16.5 Å². The number of ketones is 2.